The molecule has 2 aliphatic rings. The van der Waals surface area contributed by atoms with E-state index in [1.165, 1.54) is 5.56 Å². The number of ketones is 1. The van der Waals surface area contributed by atoms with Crippen LogP contribution in [0, 0.1) is 11.8 Å². The highest BCUT2D eigenvalue weighted by Gasteiger charge is 2.43. The number of urea groups is 1. The van der Waals surface area contributed by atoms with E-state index in [9.17, 15) is 14.7 Å². The average molecular weight is 327 g/mol. The second kappa shape index (κ2) is 6.95. The molecule has 0 saturated heterocycles. The number of carbonyl (C=O) groups excluding carboxylic acids is 2. The van der Waals surface area contributed by atoms with E-state index in [-0.39, 0.29) is 29.1 Å². The van der Waals surface area contributed by atoms with Gasteiger partial charge in [0.05, 0.1) is 0 Å². The maximum atomic E-state index is 12.3. The van der Waals surface area contributed by atoms with E-state index < -0.39 is 6.03 Å². The van der Waals surface area contributed by atoms with Crippen molar-refractivity contribution in [3.8, 4) is 0 Å². The first-order valence-electron chi connectivity index (χ1n) is 8.39. The lowest BCUT2D eigenvalue weighted by atomic mass is 9.80. The predicted octanol–water partition coefficient (Wildman–Crippen LogP) is 4.39. The Morgan fingerprint density at radius 3 is 2.50 bits per heavy atom. The third-order valence-corrected chi connectivity index (χ3v) is 4.78. The number of hydrogen-bond acceptors (Lipinski definition) is 4. The average Bonchev–Trinajstić information content (AvgIpc) is 2.85. The van der Waals surface area contributed by atoms with Gasteiger partial charge in [0.25, 0.3) is 0 Å². The molecule has 2 aliphatic carbocycles. The first-order chi connectivity index (χ1) is 11.6. The van der Waals surface area contributed by atoms with Gasteiger partial charge in [-0.3, -0.25) is 4.79 Å². The maximum absolute atomic E-state index is 12.3. The van der Waals surface area contributed by atoms with Crippen molar-refractivity contribution < 1.29 is 14.7 Å². The minimum atomic E-state index is -0.665. The second-order valence-electron chi connectivity index (χ2n) is 6.28. The molecule has 0 aromatic heterocycles. The zero-order valence-corrected chi connectivity index (χ0v) is 13.7. The van der Waals surface area contributed by atoms with E-state index in [0.29, 0.717) is 5.69 Å². The molecule has 0 spiro atoms. The van der Waals surface area contributed by atoms with Crippen LogP contribution < -0.4 is 5.32 Å². The van der Waals surface area contributed by atoms with Crippen LogP contribution >= 0.6 is 0 Å². The van der Waals surface area contributed by atoms with Crippen molar-refractivity contribution in [2.75, 3.05) is 5.32 Å². The van der Waals surface area contributed by atoms with Crippen molar-refractivity contribution in [3.63, 3.8) is 0 Å². The van der Waals surface area contributed by atoms with Crippen LogP contribution in [0.1, 0.15) is 38.2 Å². The first-order valence-corrected chi connectivity index (χ1v) is 8.39. The van der Waals surface area contributed by atoms with E-state index in [1.807, 2.05) is 12.1 Å². The molecule has 24 heavy (non-hydrogen) atoms. The van der Waals surface area contributed by atoms with Gasteiger partial charge in [0.2, 0.25) is 0 Å². The minimum absolute atomic E-state index is 0.00597. The number of aryl methyl sites for hydroxylation is 1. The highest BCUT2D eigenvalue weighted by molar-refractivity contribution is 6.00. The van der Waals surface area contributed by atoms with Crippen LogP contribution in [0.25, 0.3) is 0 Å². The third-order valence-electron chi connectivity index (χ3n) is 4.78. The molecule has 6 nitrogen and oxygen atoms in total. The van der Waals surface area contributed by atoms with Gasteiger partial charge in [-0.15, -0.1) is 5.11 Å². The number of rotatable bonds is 3. The molecule has 2 N–H and O–H groups in total. The SMILES string of the molecule is CCc1ccc(NC(=O)N=NC2=C(O)C3CCCCC3C2=O)cc1. The number of anilines is 1. The summed E-state index contributed by atoms with van der Waals surface area (Å²) in [5, 5.41) is 20.1. The number of aliphatic hydroxyl groups excluding tert-OH is 1. The molecular weight excluding hydrogens is 306 g/mol. The first kappa shape index (κ1) is 16.4. The Labute approximate surface area is 140 Å². The number of carbonyl (C=O) groups is 2. The summed E-state index contributed by atoms with van der Waals surface area (Å²) >= 11 is 0. The van der Waals surface area contributed by atoms with E-state index in [0.717, 1.165) is 32.1 Å². The van der Waals surface area contributed by atoms with E-state index in [4.69, 9.17) is 0 Å². The Hall–Kier alpha value is -2.50. The van der Waals surface area contributed by atoms with Gasteiger partial charge in [0.1, 0.15) is 5.76 Å². The molecule has 3 rings (SSSR count). The lowest BCUT2D eigenvalue weighted by molar-refractivity contribution is -0.120. The zero-order valence-electron chi connectivity index (χ0n) is 13.7. The number of amides is 2. The Morgan fingerprint density at radius 2 is 1.88 bits per heavy atom. The van der Waals surface area contributed by atoms with Crippen molar-refractivity contribution in [1.29, 1.82) is 0 Å². The van der Waals surface area contributed by atoms with Crippen LogP contribution in [0.2, 0.25) is 0 Å². The number of allylic oxidation sites excluding steroid dienone is 2. The van der Waals surface area contributed by atoms with Gasteiger partial charge in [-0.2, -0.15) is 0 Å². The summed E-state index contributed by atoms with van der Waals surface area (Å²) in [7, 11) is 0. The zero-order chi connectivity index (χ0) is 17.1. The van der Waals surface area contributed by atoms with E-state index in [1.54, 1.807) is 12.1 Å². The Kier molecular flexibility index (Phi) is 4.74. The summed E-state index contributed by atoms with van der Waals surface area (Å²) in [6.07, 6.45) is 4.46. The number of hydrogen-bond donors (Lipinski definition) is 2. The maximum Gasteiger partial charge on any atom is 0.364 e. The molecule has 1 aromatic rings. The van der Waals surface area contributed by atoms with Crippen molar-refractivity contribution in [2.24, 2.45) is 22.1 Å². The van der Waals surface area contributed by atoms with E-state index in [2.05, 4.69) is 22.5 Å². The predicted molar refractivity (Wildman–Crippen MR) is 89.8 cm³/mol. The molecule has 0 radical (unpaired) electrons. The van der Waals surface area contributed by atoms with Gasteiger partial charge in [-0.25, -0.2) is 4.79 Å². The van der Waals surface area contributed by atoms with E-state index >= 15 is 0 Å². The summed E-state index contributed by atoms with van der Waals surface area (Å²) in [5.74, 6) is -0.545. The summed E-state index contributed by atoms with van der Waals surface area (Å²) in [6.45, 7) is 2.05. The number of Topliss-reactive ketones (excluding diaryl/α,β-unsaturated/α-hetero) is 1. The lowest BCUT2D eigenvalue weighted by Crippen LogP contribution is -2.21. The highest BCUT2D eigenvalue weighted by atomic mass is 16.3. The molecule has 0 bridgehead atoms. The van der Waals surface area contributed by atoms with Gasteiger partial charge in [0.15, 0.2) is 11.5 Å². The van der Waals surface area contributed by atoms with Crippen LogP contribution in [0.4, 0.5) is 10.5 Å². The van der Waals surface area contributed by atoms with Crippen LogP contribution in [-0.2, 0) is 11.2 Å². The third kappa shape index (κ3) is 3.22. The largest absolute Gasteiger partial charge is 0.510 e. The fourth-order valence-corrected chi connectivity index (χ4v) is 3.42. The standard InChI is InChI=1S/C18H21N3O3/c1-2-11-7-9-12(10-8-11)19-18(24)21-20-15-16(22)13-5-3-4-6-14(13)17(15)23/h7-10,13-14,22H,2-6H2,1H3,(H,19,24). The highest BCUT2D eigenvalue weighted by Crippen LogP contribution is 2.42. The monoisotopic (exact) mass is 327 g/mol. The second-order valence-corrected chi connectivity index (χ2v) is 6.28. The number of aliphatic hydroxyl groups is 1. The van der Waals surface area contributed by atoms with Crippen molar-refractivity contribution in [2.45, 2.75) is 39.0 Å². The van der Waals surface area contributed by atoms with Gasteiger partial charge >= 0.3 is 6.03 Å². The summed E-state index contributed by atoms with van der Waals surface area (Å²) < 4.78 is 0. The number of fused-ring (bicyclic) bond motifs is 1. The fraction of sp³-hybridized carbons (Fsp3) is 0.444. The summed E-state index contributed by atoms with van der Waals surface area (Å²) in [6, 6.07) is 6.76. The Balaban J connectivity index is 1.67. The summed E-state index contributed by atoms with van der Waals surface area (Å²) in [5.41, 5.74) is 1.73. The molecular formula is C18H21N3O3. The summed E-state index contributed by atoms with van der Waals surface area (Å²) in [4.78, 5) is 24.2. The van der Waals surface area contributed by atoms with Crippen LogP contribution in [0.5, 0.6) is 0 Å². The number of nitrogens with zero attached hydrogens (tertiary/aromatic N) is 2. The van der Waals surface area contributed by atoms with Gasteiger partial charge in [0, 0.05) is 17.5 Å². The van der Waals surface area contributed by atoms with Crippen molar-refractivity contribution >= 4 is 17.5 Å². The van der Waals surface area contributed by atoms with Crippen LogP contribution in [-0.4, -0.2) is 16.9 Å². The lowest BCUT2D eigenvalue weighted by Gasteiger charge is -2.23. The molecule has 1 saturated carbocycles. The Morgan fingerprint density at radius 1 is 1.21 bits per heavy atom. The number of nitrogens with one attached hydrogen (secondary N) is 1. The molecule has 1 fully saturated rings. The Bertz CT molecular complexity index is 707. The molecule has 0 heterocycles. The number of benzene rings is 1. The van der Waals surface area contributed by atoms with Gasteiger partial charge in [-0.05, 0) is 37.0 Å². The van der Waals surface area contributed by atoms with Crippen molar-refractivity contribution in [1.82, 2.24) is 0 Å². The van der Waals surface area contributed by atoms with Crippen LogP contribution in [0.15, 0.2) is 46.0 Å². The molecule has 1 aromatic carbocycles. The van der Waals surface area contributed by atoms with Gasteiger partial charge < -0.3 is 10.4 Å². The van der Waals surface area contributed by atoms with Crippen LogP contribution in [0.3, 0.4) is 0 Å². The molecule has 126 valence electrons. The number of azo groups is 1. The van der Waals surface area contributed by atoms with Gasteiger partial charge in [-0.1, -0.05) is 37.0 Å². The normalized spacial score (nSPS) is 23.6. The minimum Gasteiger partial charge on any atom is -0.510 e. The topological polar surface area (TPSA) is 91.1 Å². The molecule has 2 atom stereocenters. The fourth-order valence-electron chi connectivity index (χ4n) is 3.42. The molecule has 2 unspecified atom stereocenters. The quantitative estimate of drug-likeness (QED) is 0.806. The smallest absolute Gasteiger partial charge is 0.364 e. The van der Waals surface area contributed by atoms with Crippen molar-refractivity contribution in [3.05, 3.63) is 41.3 Å². The molecule has 6 heteroatoms. The molecule has 2 amide bonds. The molecule has 0 aliphatic heterocycles.